The van der Waals surface area contributed by atoms with Crippen molar-refractivity contribution in [2.45, 2.75) is 39.4 Å². The van der Waals surface area contributed by atoms with Crippen LogP contribution >= 0.6 is 15.9 Å². The number of nitrogens with zero attached hydrogens (tertiary/aromatic N) is 1. The Morgan fingerprint density at radius 2 is 1.78 bits per heavy atom. The first-order chi connectivity index (χ1) is 12.9. The van der Waals surface area contributed by atoms with Crippen LogP contribution in [-0.2, 0) is 16.1 Å². The normalized spacial score (nSPS) is 11.7. The molecule has 0 aromatic heterocycles. The molecule has 0 bridgehead atoms. The number of carbonyl (C=O) groups is 2. The lowest BCUT2D eigenvalue weighted by Crippen LogP contribution is -2.50. The number of rotatable bonds is 8. The van der Waals surface area contributed by atoms with Gasteiger partial charge in [-0.15, -0.1) is 0 Å². The summed E-state index contributed by atoms with van der Waals surface area (Å²) in [7, 11) is 0. The molecule has 0 fully saturated rings. The number of nitrogens with one attached hydrogen (secondary N) is 1. The summed E-state index contributed by atoms with van der Waals surface area (Å²) in [5.41, 5.74) is 0.932. The fourth-order valence-electron chi connectivity index (χ4n) is 2.56. The van der Waals surface area contributed by atoms with Crippen molar-refractivity contribution in [1.29, 1.82) is 0 Å². The fourth-order valence-corrected chi connectivity index (χ4v) is 3.01. The monoisotopic (exact) mass is 432 g/mol. The summed E-state index contributed by atoms with van der Waals surface area (Å²) in [6, 6.07) is 16.2. The van der Waals surface area contributed by atoms with E-state index in [1.807, 2.05) is 56.3 Å². The van der Waals surface area contributed by atoms with Gasteiger partial charge in [0.2, 0.25) is 5.91 Å². The van der Waals surface area contributed by atoms with E-state index in [4.69, 9.17) is 4.74 Å². The van der Waals surface area contributed by atoms with E-state index in [2.05, 4.69) is 21.2 Å². The van der Waals surface area contributed by atoms with Gasteiger partial charge in [-0.3, -0.25) is 9.59 Å². The third-order valence-corrected chi connectivity index (χ3v) is 4.44. The molecule has 0 spiro atoms. The van der Waals surface area contributed by atoms with Gasteiger partial charge in [-0.05, 0) is 50.6 Å². The molecule has 2 amide bonds. The molecule has 6 heteroatoms. The van der Waals surface area contributed by atoms with Crippen molar-refractivity contribution < 1.29 is 14.3 Å². The quantitative estimate of drug-likeness (QED) is 0.690. The average Bonchev–Trinajstić information content (AvgIpc) is 2.64. The molecule has 0 saturated heterocycles. The van der Waals surface area contributed by atoms with Crippen molar-refractivity contribution in [3.63, 3.8) is 0 Å². The highest BCUT2D eigenvalue weighted by atomic mass is 79.9. The minimum Gasteiger partial charge on any atom is -0.484 e. The molecule has 1 unspecified atom stereocenters. The minimum absolute atomic E-state index is 0.00309. The highest BCUT2D eigenvalue weighted by molar-refractivity contribution is 9.10. The second-order valence-electron chi connectivity index (χ2n) is 6.59. The lowest BCUT2D eigenvalue weighted by Gasteiger charge is -2.29. The predicted molar refractivity (Wildman–Crippen MR) is 109 cm³/mol. The van der Waals surface area contributed by atoms with Gasteiger partial charge in [-0.2, -0.15) is 0 Å². The van der Waals surface area contributed by atoms with Gasteiger partial charge in [0.25, 0.3) is 5.91 Å². The molecule has 0 aliphatic heterocycles. The summed E-state index contributed by atoms with van der Waals surface area (Å²) >= 11 is 3.44. The maximum atomic E-state index is 12.8. The molecule has 144 valence electrons. The van der Waals surface area contributed by atoms with Crippen molar-refractivity contribution in [3.05, 3.63) is 64.6 Å². The van der Waals surface area contributed by atoms with Crippen LogP contribution < -0.4 is 10.1 Å². The van der Waals surface area contributed by atoms with Crippen molar-refractivity contribution in [1.82, 2.24) is 10.2 Å². The third-order valence-electron chi connectivity index (χ3n) is 3.95. The van der Waals surface area contributed by atoms with Gasteiger partial charge in [0.1, 0.15) is 11.8 Å². The first-order valence-corrected chi connectivity index (χ1v) is 9.68. The molecule has 1 atom stereocenters. The van der Waals surface area contributed by atoms with Gasteiger partial charge < -0.3 is 15.0 Å². The molecular weight excluding hydrogens is 408 g/mol. The van der Waals surface area contributed by atoms with Crippen LogP contribution in [0.1, 0.15) is 26.3 Å². The van der Waals surface area contributed by atoms with Crippen molar-refractivity contribution >= 4 is 27.7 Å². The van der Waals surface area contributed by atoms with Crippen LogP contribution in [0.25, 0.3) is 0 Å². The molecular formula is C21H25BrN2O3. The summed E-state index contributed by atoms with van der Waals surface area (Å²) in [6.07, 6.45) is 0. The van der Waals surface area contributed by atoms with Crippen molar-refractivity contribution in [2.75, 3.05) is 6.61 Å². The molecule has 2 rings (SSSR count). The smallest absolute Gasteiger partial charge is 0.261 e. The minimum atomic E-state index is -0.613. The lowest BCUT2D eigenvalue weighted by molar-refractivity contribution is -0.142. The van der Waals surface area contributed by atoms with Gasteiger partial charge in [0, 0.05) is 17.1 Å². The zero-order chi connectivity index (χ0) is 19.8. The molecule has 5 nitrogen and oxygen atoms in total. The second kappa shape index (κ2) is 10.1. The number of carbonyl (C=O) groups excluding carboxylic acids is 2. The number of amides is 2. The van der Waals surface area contributed by atoms with E-state index in [9.17, 15) is 9.59 Å². The van der Waals surface area contributed by atoms with Crippen LogP contribution in [0, 0.1) is 0 Å². The Morgan fingerprint density at radius 1 is 1.07 bits per heavy atom. The Labute approximate surface area is 168 Å². The van der Waals surface area contributed by atoms with Crippen molar-refractivity contribution in [2.24, 2.45) is 0 Å². The first-order valence-electron chi connectivity index (χ1n) is 8.89. The summed E-state index contributed by atoms with van der Waals surface area (Å²) in [5, 5.41) is 2.87. The van der Waals surface area contributed by atoms with Crippen LogP contribution in [-0.4, -0.2) is 35.4 Å². The van der Waals surface area contributed by atoms with E-state index in [1.54, 1.807) is 24.0 Å². The Morgan fingerprint density at radius 3 is 2.41 bits per heavy atom. The largest absolute Gasteiger partial charge is 0.484 e. The molecule has 27 heavy (non-hydrogen) atoms. The van der Waals surface area contributed by atoms with Gasteiger partial charge in [-0.1, -0.05) is 46.3 Å². The molecule has 1 N–H and O–H groups in total. The number of para-hydroxylation sites is 1. The number of hydrogen-bond donors (Lipinski definition) is 1. The van der Waals surface area contributed by atoms with Gasteiger partial charge in [0.05, 0.1) is 0 Å². The molecule has 0 heterocycles. The summed E-state index contributed by atoms with van der Waals surface area (Å²) in [5.74, 6) is 0.186. The van der Waals surface area contributed by atoms with E-state index >= 15 is 0 Å². The average molecular weight is 433 g/mol. The highest BCUT2D eigenvalue weighted by Gasteiger charge is 2.26. The zero-order valence-electron chi connectivity index (χ0n) is 15.8. The van der Waals surface area contributed by atoms with Crippen molar-refractivity contribution in [3.8, 4) is 5.75 Å². The number of halogens is 1. The standard InChI is InChI=1S/C21H25BrN2O3/c1-15(2)23-21(26)16(3)24(13-17-8-7-9-18(22)12-17)20(25)14-27-19-10-5-4-6-11-19/h4-12,15-16H,13-14H2,1-3H3,(H,23,26). The number of ether oxygens (including phenoxy) is 1. The van der Waals surface area contributed by atoms with Crippen LogP contribution in [0.3, 0.4) is 0 Å². The van der Waals surface area contributed by atoms with E-state index in [-0.39, 0.29) is 24.5 Å². The highest BCUT2D eigenvalue weighted by Crippen LogP contribution is 2.16. The molecule has 0 radical (unpaired) electrons. The van der Waals surface area contributed by atoms with E-state index in [0.717, 1.165) is 10.0 Å². The van der Waals surface area contributed by atoms with Crippen LogP contribution in [0.4, 0.5) is 0 Å². The lowest BCUT2D eigenvalue weighted by atomic mass is 10.1. The SMILES string of the molecule is CC(C)NC(=O)C(C)N(Cc1cccc(Br)c1)C(=O)COc1ccccc1. The molecule has 0 aliphatic rings. The first kappa shape index (κ1) is 21.0. The predicted octanol–water partition coefficient (Wildman–Crippen LogP) is 3.77. The molecule has 2 aromatic carbocycles. The molecule has 0 aliphatic carbocycles. The zero-order valence-corrected chi connectivity index (χ0v) is 17.4. The second-order valence-corrected chi connectivity index (χ2v) is 7.51. The van der Waals surface area contributed by atoms with E-state index < -0.39 is 6.04 Å². The molecule has 0 saturated carbocycles. The maximum Gasteiger partial charge on any atom is 0.261 e. The number of hydrogen-bond acceptors (Lipinski definition) is 3. The third kappa shape index (κ3) is 6.71. The summed E-state index contributed by atoms with van der Waals surface area (Å²) < 4.78 is 6.51. The van der Waals surface area contributed by atoms with Crippen LogP contribution in [0.2, 0.25) is 0 Å². The Bertz CT molecular complexity index is 765. The topological polar surface area (TPSA) is 58.6 Å². The van der Waals surface area contributed by atoms with Gasteiger partial charge >= 0.3 is 0 Å². The van der Waals surface area contributed by atoms with Crippen LogP contribution in [0.5, 0.6) is 5.75 Å². The Hall–Kier alpha value is -2.34. The Balaban J connectivity index is 2.14. The Kier molecular flexibility index (Phi) is 7.85. The van der Waals surface area contributed by atoms with E-state index in [0.29, 0.717) is 12.3 Å². The summed E-state index contributed by atoms with van der Waals surface area (Å²) in [4.78, 5) is 26.9. The van der Waals surface area contributed by atoms with Crippen LogP contribution in [0.15, 0.2) is 59.1 Å². The van der Waals surface area contributed by atoms with Gasteiger partial charge in [0.15, 0.2) is 6.61 Å². The summed E-state index contributed by atoms with van der Waals surface area (Å²) in [6.45, 7) is 5.71. The maximum absolute atomic E-state index is 12.8. The molecule has 2 aromatic rings. The fraction of sp³-hybridized carbons (Fsp3) is 0.333. The number of benzene rings is 2. The van der Waals surface area contributed by atoms with E-state index in [1.165, 1.54) is 0 Å². The van der Waals surface area contributed by atoms with Gasteiger partial charge in [-0.25, -0.2) is 0 Å².